The van der Waals surface area contributed by atoms with Crippen molar-refractivity contribution in [2.24, 2.45) is 0 Å². The second kappa shape index (κ2) is 8.65. The van der Waals surface area contributed by atoms with Gasteiger partial charge < -0.3 is 10.1 Å². The Kier molecular flexibility index (Phi) is 5.79. The number of hydrogen-bond acceptors (Lipinski definition) is 4. The van der Waals surface area contributed by atoms with Crippen LogP contribution in [0.25, 0.3) is 5.65 Å². The Hall–Kier alpha value is -3.22. The van der Waals surface area contributed by atoms with Gasteiger partial charge in [0.2, 0.25) is 0 Å². The molecule has 0 amide bonds. The molecular formula is C23H19ClFN3O2. The molecule has 0 aliphatic rings. The van der Waals surface area contributed by atoms with Crippen LogP contribution in [0.2, 0.25) is 5.02 Å². The quantitative estimate of drug-likeness (QED) is 0.500. The van der Waals surface area contributed by atoms with Crippen molar-refractivity contribution in [2.75, 3.05) is 7.11 Å². The minimum atomic E-state index is -0.296. The molecule has 4 aromatic rings. The molecule has 0 bridgehead atoms. The predicted molar refractivity (Wildman–Crippen MR) is 115 cm³/mol. The summed E-state index contributed by atoms with van der Waals surface area (Å²) in [4.78, 5) is 17.0. The Balaban J connectivity index is 1.64. The van der Waals surface area contributed by atoms with Crippen LogP contribution in [0.15, 0.2) is 77.7 Å². The molecule has 0 spiro atoms. The zero-order chi connectivity index (χ0) is 21.1. The Labute approximate surface area is 177 Å². The van der Waals surface area contributed by atoms with E-state index >= 15 is 0 Å². The first-order valence-electron chi connectivity index (χ1n) is 9.34. The summed E-state index contributed by atoms with van der Waals surface area (Å²) in [5.74, 6) is 0.453. The topological polar surface area (TPSA) is 55.6 Å². The van der Waals surface area contributed by atoms with E-state index in [0.717, 1.165) is 16.9 Å². The van der Waals surface area contributed by atoms with E-state index < -0.39 is 0 Å². The fourth-order valence-electron chi connectivity index (χ4n) is 3.30. The lowest BCUT2D eigenvalue weighted by Crippen LogP contribution is -2.24. The standard InChI is InChI=1S/C23H19ClFN3O2/c1-30-20-9-4-16(5-10-20)23(15-2-7-18(25)8-3-15)26-13-19-12-22(29)28-14-17(24)6-11-21(28)27-19/h2-12,14,23,26H,13H2,1H3. The number of fused-ring (bicyclic) bond motifs is 1. The molecule has 1 atom stereocenters. The van der Waals surface area contributed by atoms with Gasteiger partial charge in [-0.15, -0.1) is 0 Å². The Morgan fingerprint density at radius 3 is 2.40 bits per heavy atom. The maximum absolute atomic E-state index is 13.4. The van der Waals surface area contributed by atoms with Gasteiger partial charge in [0.05, 0.1) is 23.9 Å². The molecular weight excluding hydrogens is 405 g/mol. The Morgan fingerprint density at radius 2 is 1.73 bits per heavy atom. The van der Waals surface area contributed by atoms with Crippen LogP contribution in [-0.2, 0) is 6.54 Å². The summed E-state index contributed by atoms with van der Waals surface area (Å²) >= 11 is 5.97. The van der Waals surface area contributed by atoms with Gasteiger partial charge in [-0.2, -0.15) is 0 Å². The first-order valence-corrected chi connectivity index (χ1v) is 9.72. The fourth-order valence-corrected chi connectivity index (χ4v) is 3.46. The third-order valence-corrected chi connectivity index (χ3v) is 5.04. The highest BCUT2D eigenvalue weighted by atomic mass is 35.5. The van der Waals surface area contributed by atoms with E-state index in [1.807, 2.05) is 24.3 Å². The number of ether oxygens (including phenoxy) is 1. The smallest absolute Gasteiger partial charge is 0.258 e. The molecule has 0 saturated heterocycles. The zero-order valence-corrected chi connectivity index (χ0v) is 16.9. The van der Waals surface area contributed by atoms with Crippen LogP contribution in [0.5, 0.6) is 5.75 Å². The second-order valence-corrected chi connectivity index (χ2v) is 7.24. The summed E-state index contributed by atoms with van der Waals surface area (Å²) in [6.45, 7) is 0.350. The average molecular weight is 424 g/mol. The van der Waals surface area contributed by atoms with Gasteiger partial charge in [-0.3, -0.25) is 9.20 Å². The molecule has 152 valence electrons. The molecule has 0 fully saturated rings. The predicted octanol–water partition coefficient (Wildman–Crippen LogP) is 4.37. The number of pyridine rings is 1. The number of aromatic nitrogens is 2. The van der Waals surface area contributed by atoms with Gasteiger partial charge in [0.25, 0.3) is 5.56 Å². The van der Waals surface area contributed by atoms with E-state index in [0.29, 0.717) is 22.9 Å². The summed E-state index contributed by atoms with van der Waals surface area (Å²) in [5.41, 5.74) is 2.79. The largest absolute Gasteiger partial charge is 0.497 e. The lowest BCUT2D eigenvalue weighted by atomic mass is 9.98. The molecule has 2 aromatic carbocycles. The van der Waals surface area contributed by atoms with Gasteiger partial charge in [-0.25, -0.2) is 9.37 Å². The third-order valence-electron chi connectivity index (χ3n) is 4.82. The van der Waals surface area contributed by atoms with Gasteiger partial charge in [0.15, 0.2) is 0 Å². The van der Waals surface area contributed by atoms with E-state index in [2.05, 4.69) is 10.3 Å². The van der Waals surface area contributed by atoms with Crippen molar-refractivity contribution in [2.45, 2.75) is 12.6 Å². The Morgan fingerprint density at radius 1 is 1.07 bits per heavy atom. The van der Waals surface area contributed by atoms with Gasteiger partial charge in [0.1, 0.15) is 17.2 Å². The van der Waals surface area contributed by atoms with E-state index in [9.17, 15) is 9.18 Å². The van der Waals surface area contributed by atoms with Crippen molar-refractivity contribution in [1.82, 2.24) is 14.7 Å². The molecule has 2 heterocycles. The zero-order valence-electron chi connectivity index (χ0n) is 16.2. The number of nitrogens with zero attached hydrogens (tertiary/aromatic N) is 2. The minimum absolute atomic E-state index is 0.206. The molecule has 2 aromatic heterocycles. The highest BCUT2D eigenvalue weighted by Gasteiger charge is 2.15. The normalized spacial score (nSPS) is 12.1. The second-order valence-electron chi connectivity index (χ2n) is 6.80. The van der Waals surface area contributed by atoms with Crippen molar-refractivity contribution in [3.05, 3.63) is 111 Å². The van der Waals surface area contributed by atoms with Crippen LogP contribution in [0.3, 0.4) is 0 Å². The van der Waals surface area contributed by atoms with Crippen molar-refractivity contribution in [3.8, 4) is 5.75 Å². The number of benzene rings is 2. The maximum atomic E-state index is 13.4. The summed E-state index contributed by atoms with van der Waals surface area (Å²) in [6, 6.07) is 18.6. The molecule has 5 nitrogen and oxygen atoms in total. The van der Waals surface area contributed by atoms with Crippen LogP contribution >= 0.6 is 11.6 Å². The molecule has 0 aliphatic heterocycles. The van der Waals surface area contributed by atoms with Crippen LogP contribution in [0.1, 0.15) is 22.9 Å². The highest BCUT2D eigenvalue weighted by molar-refractivity contribution is 6.30. The van der Waals surface area contributed by atoms with E-state index in [-0.39, 0.29) is 17.4 Å². The number of rotatable bonds is 6. The molecule has 1 unspecified atom stereocenters. The van der Waals surface area contributed by atoms with Crippen molar-refractivity contribution >= 4 is 17.2 Å². The lowest BCUT2D eigenvalue weighted by Gasteiger charge is -2.20. The van der Waals surface area contributed by atoms with Gasteiger partial charge in [-0.05, 0) is 47.5 Å². The molecule has 0 saturated carbocycles. The maximum Gasteiger partial charge on any atom is 0.258 e. The highest BCUT2D eigenvalue weighted by Crippen LogP contribution is 2.25. The first-order chi connectivity index (χ1) is 14.5. The number of halogens is 2. The van der Waals surface area contributed by atoms with Gasteiger partial charge in [-0.1, -0.05) is 35.9 Å². The number of hydrogen-bond donors (Lipinski definition) is 1. The lowest BCUT2D eigenvalue weighted by molar-refractivity contribution is 0.414. The number of methoxy groups -OCH3 is 1. The van der Waals surface area contributed by atoms with Crippen LogP contribution in [-0.4, -0.2) is 16.5 Å². The molecule has 1 N–H and O–H groups in total. The van der Waals surface area contributed by atoms with Crippen molar-refractivity contribution < 1.29 is 9.13 Å². The van der Waals surface area contributed by atoms with Gasteiger partial charge in [0, 0.05) is 18.8 Å². The van der Waals surface area contributed by atoms with Crippen LogP contribution < -0.4 is 15.6 Å². The molecule has 7 heteroatoms. The molecule has 0 aliphatic carbocycles. The monoisotopic (exact) mass is 423 g/mol. The summed E-state index contributed by atoms with van der Waals surface area (Å²) < 4.78 is 20.1. The third kappa shape index (κ3) is 4.35. The summed E-state index contributed by atoms with van der Waals surface area (Å²) in [5, 5.41) is 3.89. The summed E-state index contributed by atoms with van der Waals surface area (Å²) in [6.07, 6.45) is 1.54. The molecule has 4 rings (SSSR count). The van der Waals surface area contributed by atoms with Crippen LogP contribution in [0.4, 0.5) is 4.39 Å². The van der Waals surface area contributed by atoms with Crippen molar-refractivity contribution in [1.29, 1.82) is 0 Å². The minimum Gasteiger partial charge on any atom is -0.497 e. The Bertz CT molecular complexity index is 1220. The summed E-state index contributed by atoms with van der Waals surface area (Å²) in [7, 11) is 1.61. The van der Waals surface area contributed by atoms with E-state index in [1.165, 1.54) is 22.6 Å². The van der Waals surface area contributed by atoms with Crippen LogP contribution in [0, 0.1) is 5.82 Å². The van der Waals surface area contributed by atoms with Crippen molar-refractivity contribution in [3.63, 3.8) is 0 Å². The number of nitrogens with one attached hydrogen (secondary N) is 1. The van der Waals surface area contributed by atoms with E-state index in [1.54, 1.807) is 37.6 Å². The fraction of sp³-hybridized carbons (Fsp3) is 0.130. The van der Waals surface area contributed by atoms with Gasteiger partial charge >= 0.3 is 0 Å². The average Bonchev–Trinajstić information content (AvgIpc) is 2.76. The SMILES string of the molecule is COc1ccc(C(NCc2cc(=O)n3cc(Cl)ccc3n2)c2ccc(F)cc2)cc1. The molecule has 0 radical (unpaired) electrons. The first kappa shape index (κ1) is 20.1. The molecule has 30 heavy (non-hydrogen) atoms. The van der Waals surface area contributed by atoms with E-state index in [4.69, 9.17) is 16.3 Å².